The summed E-state index contributed by atoms with van der Waals surface area (Å²) in [6.07, 6.45) is 7.61. The Labute approximate surface area is 177 Å². The summed E-state index contributed by atoms with van der Waals surface area (Å²) in [5.41, 5.74) is 10.1. The van der Waals surface area contributed by atoms with Crippen LogP contribution in [0.15, 0.2) is 48.7 Å². The highest BCUT2D eigenvalue weighted by atomic mass is 16.2. The van der Waals surface area contributed by atoms with Crippen LogP contribution in [0, 0.1) is 0 Å². The van der Waals surface area contributed by atoms with Crippen LogP contribution in [-0.2, 0) is 11.3 Å². The fourth-order valence-corrected chi connectivity index (χ4v) is 3.94. The van der Waals surface area contributed by atoms with Crippen LogP contribution in [0.5, 0.6) is 0 Å². The maximum Gasteiger partial charge on any atom is 0.246 e. The Hall–Kier alpha value is -3.12. The molecule has 156 valence electrons. The monoisotopic (exact) mass is 403 g/mol. The lowest BCUT2D eigenvalue weighted by Crippen LogP contribution is -2.28. The quantitative estimate of drug-likeness (QED) is 0.611. The molecule has 3 aromatic rings. The minimum atomic E-state index is -0.0650. The van der Waals surface area contributed by atoms with Crippen LogP contribution >= 0.6 is 0 Å². The van der Waals surface area contributed by atoms with Gasteiger partial charge in [0, 0.05) is 42.6 Å². The molecule has 1 atom stereocenters. The van der Waals surface area contributed by atoms with Crippen LogP contribution in [0.3, 0.4) is 0 Å². The summed E-state index contributed by atoms with van der Waals surface area (Å²) in [6.45, 7) is 5.05. The molecular weight excluding hydrogens is 374 g/mol. The number of H-pyrrole nitrogens is 1. The Kier molecular flexibility index (Phi) is 5.86. The van der Waals surface area contributed by atoms with Gasteiger partial charge in [-0.05, 0) is 68.1 Å². The van der Waals surface area contributed by atoms with Crippen molar-refractivity contribution in [3.63, 3.8) is 0 Å². The van der Waals surface area contributed by atoms with E-state index < -0.39 is 0 Å². The van der Waals surface area contributed by atoms with Gasteiger partial charge in [-0.15, -0.1) is 0 Å². The maximum atomic E-state index is 12.7. The average molecular weight is 404 g/mol. The molecule has 2 aromatic heterocycles. The molecule has 1 aliphatic rings. The topological polar surface area (TPSA) is 78.2 Å². The third-order valence-corrected chi connectivity index (χ3v) is 5.96. The lowest BCUT2D eigenvalue weighted by atomic mass is 10.1. The highest BCUT2D eigenvalue weighted by Gasteiger charge is 2.18. The van der Waals surface area contributed by atoms with Crippen molar-refractivity contribution in [1.29, 1.82) is 0 Å². The summed E-state index contributed by atoms with van der Waals surface area (Å²) in [5.74, 6) is 0.508. The van der Waals surface area contributed by atoms with Gasteiger partial charge in [0.15, 0.2) is 0 Å². The van der Waals surface area contributed by atoms with E-state index in [1.807, 2.05) is 44.3 Å². The van der Waals surface area contributed by atoms with Gasteiger partial charge in [-0.25, -0.2) is 4.98 Å². The number of anilines is 1. The predicted octanol–water partition coefficient (Wildman–Crippen LogP) is 3.97. The standard InChI is InChI=1S/C24H29N5O/c1-17(22-14-19-7-3-4-8-21(19)27-22)28(2)23(30)10-9-18-13-20(24(25)26-15-18)16-29-11-5-6-12-29/h3-4,7-10,13-15,17,27H,5-6,11-12,16H2,1-2H3,(H2,25,26). The van der Waals surface area contributed by atoms with E-state index >= 15 is 0 Å². The van der Waals surface area contributed by atoms with Crippen molar-refractivity contribution < 1.29 is 4.79 Å². The second-order valence-corrected chi connectivity index (χ2v) is 8.07. The second-order valence-electron chi connectivity index (χ2n) is 8.07. The van der Waals surface area contributed by atoms with Gasteiger partial charge >= 0.3 is 0 Å². The van der Waals surface area contributed by atoms with E-state index in [9.17, 15) is 4.79 Å². The summed E-state index contributed by atoms with van der Waals surface area (Å²) in [7, 11) is 1.82. The van der Waals surface area contributed by atoms with E-state index in [1.54, 1.807) is 17.2 Å². The molecule has 0 saturated carbocycles. The lowest BCUT2D eigenvalue weighted by Gasteiger charge is -2.22. The summed E-state index contributed by atoms with van der Waals surface area (Å²) < 4.78 is 0. The Balaban J connectivity index is 1.44. The number of benzene rings is 1. The number of pyridine rings is 1. The number of aromatic nitrogens is 2. The molecule has 1 aromatic carbocycles. The highest BCUT2D eigenvalue weighted by Crippen LogP contribution is 2.24. The normalized spacial score (nSPS) is 15.8. The molecular formula is C24H29N5O. The molecule has 0 spiro atoms. The summed E-state index contributed by atoms with van der Waals surface area (Å²) in [6, 6.07) is 12.2. The molecule has 0 radical (unpaired) electrons. The number of fused-ring (bicyclic) bond motifs is 1. The van der Waals surface area contributed by atoms with Crippen molar-refractivity contribution in [3.05, 3.63) is 65.5 Å². The van der Waals surface area contributed by atoms with Gasteiger partial charge in [0.1, 0.15) is 5.82 Å². The molecule has 3 N–H and O–H groups in total. The largest absolute Gasteiger partial charge is 0.383 e. The van der Waals surface area contributed by atoms with Crippen LogP contribution in [-0.4, -0.2) is 45.8 Å². The molecule has 1 saturated heterocycles. The molecule has 3 heterocycles. The van der Waals surface area contributed by atoms with Gasteiger partial charge in [-0.1, -0.05) is 18.2 Å². The fourth-order valence-electron chi connectivity index (χ4n) is 3.94. The van der Waals surface area contributed by atoms with Crippen LogP contribution < -0.4 is 5.73 Å². The summed E-state index contributed by atoms with van der Waals surface area (Å²) >= 11 is 0. The van der Waals surface area contributed by atoms with Crippen molar-refractivity contribution >= 4 is 28.7 Å². The minimum absolute atomic E-state index is 0.0564. The molecule has 0 aliphatic carbocycles. The number of carbonyl (C=O) groups excluding carboxylic acids is 1. The summed E-state index contributed by atoms with van der Waals surface area (Å²) in [4.78, 5) is 24.6. The number of rotatable bonds is 6. The van der Waals surface area contributed by atoms with Crippen molar-refractivity contribution in [2.24, 2.45) is 0 Å². The molecule has 0 bridgehead atoms. The molecule has 1 amide bonds. The molecule has 1 fully saturated rings. The van der Waals surface area contributed by atoms with Crippen LogP contribution in [0.2, 0.25) is 0 Å². The predicted molar refractivity (Wildman–Crippen MR) is 122 cm³/mol. The minimum Gasteiger partial charge on any atom is -0.383 e. The number of nitrogen functional groups attached to an aromatic ring is 1. The van der Waals surface area contributed by atoms with Gasteiger partial charge in [-0.2, -0.15) is 0 Å². The molecule has 1 aliphatic heterocycles. The zero-order chi connectivity index (χ0) is 21.1. The van der Waals surface area contributed by atoms with Crippen molar-refractivity contribution in [2.45, 2.75) is 32.4 Å². The third-order valence-electron chi connectivity index (χ3n) is 5.96. The number of likely N-dealkylation sites (N-methyl/N-ethyl adjacent to an activating group) is 1. The zero-order valence-electron chi connectivity index (χ0n) is 17.6. The number of para-hydroxylation sites is 1. The van der Waals surface area contributed by atoms with Crippen LogP contribution in [0.4, 0.5) is 5.82 Å². The number of nitrogens with zero attached hydrogens (tertiary/aromatic N) is 3. The maximum absolute atomic E-state index is 12.7. The van der Waals surface area contributed by atoms with Crippen LogP contribution in [0.1, 0.15) is 42.6 Å². The molecule has 1 unspecified atom stereocenters. The van der Waals surface area contributed by atoms with Gasteiger partial charge in [-0.3, -0.25) is 9.69 Å². The van der Waals surface area contributed by atoms with E-state index in [1.165, 1.54) is 12.8 Å². The van der Waals surface area contributed by atoms with E-state index in [0.717, 1.165) is 47.4 Å². The van der Waals surface area contributed by atoms with Crippen molar-refractivity contribution in [3.8, 4) is 0 Å². The number of likely N-dealkylation sites (tertiary alicyclic amines) is 1. The smallest absolute Gasteiger partial charge is 0.246 e. The first-order valence-electron chi connectivity index (χ1n) is 10.5. The Bertz CT molecular complexity index is 1030. The van der Waals surface area contributed by atoms with Gasteiger partial charge in [0.25, 0.3) is 0 Å². The van der Waals surface area contributed by atoms with Gasteiger partial charge < -0.3 is 15.6 Å². The first-order valence-corrected chi connectivity index (χ1v) is 10.5. The first-order chi connectivity index (χ1) is 14.5. The molecule has 6 nitrogen and oxygen atoms in total. The molecule has 4 rings (SSSR count). The average Bonchev–Trinajstić information content (AvgIpc) is 3.42. The second kappa shape index (κ2) is 8.71. The van der Waals surface area contributed by atoms with Gasteiger partial charge in [0.2, 0.25) is 5.91 Å². The number of nitrogens with one attached hydrogen (secondary N) is 1. The summed E-state index contributed by atoms with van der Waals surface area (Å²) in [5, 5.41) is 1.15. The van der Waals surface area contributed by atoms with Gasteiger partial charge in [0.05, 0.1) is 6.04 Å². The Morgan fingerprint density at radius 1 is 1.30 bits per heavy atom. The first kappa shape index (κ1) is 20.2. The lowest BCUT2D eigenvalue weighted by molar-refractivity contribution is -0.126. The number of hydrogen-bond acceptors (Lipinski definition) is 4. The zero-order valence-corrected chi connectivity index (χ0v) is 17.6. The SMILES string of the molecule is CC(c1cc2ccccc2[nH]1)N(C)C(=O)C=Cc1cnc(N)c(CN2CCCC2)c1. The molecule has 6 heteroatoms. The Morgan fingerprint density at radius 3 is 2.83 bits per heavy atom. The van der Waals surface area contributed by atoms with Crippen molar-refractivity contribution in [1.82, 2.24) is 19.8 Å². The number of nitrogens with two attached hydrogens (primary N) is 1. The fraction of sp³-hybridized carbons (Fsp3) is 0.333. The van der Waals surface area contributed by atoms with E-state index in [4.69, 9.17) is 5.73 Å². The van der Waals surface area contributed by atoms with E-state index in [2.05, 4.69) is 27.0 Å². The van der Waals surface area contributed by atoms with Crippen molar-refractivity contribution in [2.75, 3.05) is 25.9 Å². The number of amides is 1. The number of aromatic amines is 1. The highest BCUT2D eigenvalue weighted by molar-refractivity contribution is 5.92. The Morgan fingerprint density at radius 2 is 2.07 bits per heavy atom. The molecule has 30 heavy (non-hydrogen) atoms. The third kappa shape index (κ3) is 4.39. The van der Waals surface area contributed by atoms with E-state index in [-0.39, 0.29) is 11.9 Å². The van der Waals surface area contributed by atoms with E-state index in [0.29, 0.717) is 5.82 Å². The van der Waals surface area contributed by atoms with Crippen LogP contribution in [0.25, 0.3) is 17.0 Å². The number of carbonyl (C=O) groups is 1. The number of hydrogen-bond donors (Lipinski definition) is 2.